The number of hydrogen-bond donors (Lipinski definition) is 4. The molecule has 9 nitrogen and oxygen atoms in total. The van der Waals surface area contributed by atoms with Crippen molar-refractivity contribution in [1.29, 1.82) is 5.41 Å². The summed E-state index contributed by atoms with van der Waals surface area (Å²) >= 11 is 0. The minimum absolute atomic E-state index is 0.0276. The average molecular weight is 455 g/mol. The molecule has 1 unspecified atom stereocenters. The maximum Gasteiger partial charge on any atom is 0.352 e. The van der Waals surface area contributed by atoms with Gasteiger partial charge < -0.3 is 25.9 Å². The summed E-state index contributed by atoms with van der Waals surface area (Å²) in [4.78, 5) is 40.8. The topological polar surface area (TPSA) is 141 Å². The Bertz CT molecular complexity index is 1060. The molecule has 1 heterocycles. The Kier molecular flexibility index (Phi) is 7.92. The Hall–Kier alpha value is -3.75. The van der Waals surface area contributed by atoms with Crippen LogP contribution in [0.3, 0.4) is 0 Å². The lowest BCUT2D eigenvalue weighted by molar-refractivity contribution is -0.133. The van der Waals surface area contributed by atoms with Crippen molar-refractivity contribution < 1.29 is 24.2 Å². The van der Waals surface area contributed by atoms with Crippen molar-refractivity contribution in [1.82, 2.24) is 10.6 Å². The zero-order valence-electron chi connectivity index (χ0n) is 19.5. The molecule has 0 bridgehead atoms. The number of aliphatic imine (C=N–C) groups is 1. The van der Waals surface area contributed by atoms with Crippen LogP contribution in [0, 0.1) is 12.3 Å². The molecular formula is C24H30N4O5. The van der Waals surface area contributed by atoms with Crippen molar-refractivity contribution in [3.63, 3.8) is 0 Å². The van der Waals surface area contributed by atoms with Crippen LogP contribution in [0.1, 0.15) is 67.2 Å². The fraction of sp³-hybridized carbons (Fsp3) is 0.375. The standard InChI is InChI=1S/C23H27N3O5.CH3N/c1-6-19-24-17(11-18(25-19)21(28)29)20(27)26-16-10-9-13-12(2)14(7-8-15(13)16)22(30)31-23(3,4)5;1-2/h6-8,11,16,25H,9-10H2,1-5H3,(H,26,27)(H,28,29);2H,1H2/b19-6+;. The molecule has 0 saturated carbocycles. The zero-order valence-corrected chi connectivity index (χ0v) is 19.5. The van der Waals surface area contributed by atoms with Gasteiger partial charge in [0.2, 0.25) is 0 Å². The number of benzene rings is 1. The number of fused-ring (bicyclic) bond motifs is 1. The van der Waals surface area contributed by atoms with Crippen LogP contribution >= 0.6 is 0 Å². The van der Waals surface area contributed by atoms with Crippen molar-refractivity contribution in [3.05, 3.63) is 58.1 Å². The Labute approximate surface area is 193 Å². The summed E-state index contributed by atoms with van der Waals surface area (Å²) in [6, 6.07) is 3.33. The number of nitrogens with one attached hydrogen (secondary N) is 3. The van der Waals surface area contributed by atoms with Crippen molar-refractivity contribution in [3.8, 4) is 0 Å². The van der Waals surface area contributed by atoms with Crippen LogP contribution in [0.15, 0.2) is 40.8 Å². The van der Waals surface area contributed by atoms with E-state index in [-0.39, 0.29) is 23.4 Å². The first kappa shape index (κ1) is 25.5. The van der Waals surface area contributed by atoms with Gasteiger partial charge in [-0.15, -0.1) is 0 Å². The van der Waals surface area contributed by atoms with Gasteiger partial charge in [-0.05, 0) is 83.0 Å². The molecule has 33 heavy (non-hydrogen) atoms. The average Bonchev–Trinajstić information content (AvgIpc) is 3.17. The van der Waals surface area contributed by atoms with E-state index >= 15 is 0 Å². The number of hydrogen-bond acceptors (Lipinski definition) is 7. The number of aliphatic carboxylic acids is 1. The van der Waals surface area contributed by atoms with E-state index in [1.165, 1.54) is 6.08 Å². The maximum atomic E-state index is 12.8. The number of carbonyl (C=O) groups is 3. The van der Waals surface area contributed by atoms with E-state index in [0.717, 1.165) is 16.7 Å². The first-order valence-corrected chi connectivity index (χ1v) is 10.5. The zero-order chi connectivity index (χ0) is 24.9. The van der Waals surface area contributed by atoms with Crippen LogP contribution in [0.25, 0.3) is 0 Å². The first-order valence-electron chi connectivity index (χ1n) is 10.5. The van der Waals surface area contributed by atoms with Gasteiger partial charge in [-0.3, -0.25) is 4.79 Å². The smallest absolute Gasteiger partial charge is 0.352 e. The molecule has 1 amide bonds. The first-order chi connectivity index (χ1) is 15.5. The Balaban J connectivity index is 0.00000187. The van der Waals surface area contributed by atoms with Crippen LogP contribution in [0.2, 0.25) is 0 Å². The van der Waals surface area contributed by atoms with Gasteiger partial charge >= 0.3 is 11.9 Å². The lowest BCUT2D eigenvalue weighted by Gasteiger charge is -2.21. The highest BCUT2D eigenvalue weighted by molar-refractivity contribution is 6.44. The van der Waals surface area contributed by atoms with E-state index in [0.29, 0.717) is 24.2 Å². The summed E-state index contributed by atoms with van der Waals surface area (Å²) in [6.07, 6.45) is 4.21. The van der Waals surface area contributed by atoms with Gasteiger partial charge in [0.05, 0.1) is 11.6 Å². The van der Waals surface area contributed by atoms with Crippen molar-refractivity contribution in [2.24, 2.45) is 4.99 Å². The molecule has 1 aromatic rings. The van der Waals surface area contributed by atoms with Crippen molar-refractivity contribution in [2.75, 3.05) is 0 Å². The molecule has 3 rings (SSSR count). The highest BCUT2D eigenvalue weighted by Gasteiger charge is 2.30. The molecular weight excluding hydrogens is 424 g/mol. The third-order valence-corrected chi connectivity index (χ3v) is 5.14. The second-order valence-electron chi connectivity index (χ2n) is 8.53. The molecule has 0 spiro atoms. The summed E-state index contributed by atoms with van der Waals surface area (Å²) < 4.78 is 5.50. The Morgan fingerprint density at radius 3 is 2.55 bits per heavy atom. The van der Waals surface area contributed by atoms with Gasteiger partial charge in [-0.2, -0.15) is 0 Å². The molecule has 4 N–H and O–H groups in total. The number of nitrogens with zero attached hydrogens (tertiary/aromatic N) is 1. The maximum absolute atomic E-state index is 12.8. The predicted octanol–water partition coefficient (Wildman–Crippen LogP) is 3.19. The monoisotopic (exact) mass is 454 g/mol. The highest BCUT2D eigenvalue weighted by atomic mass is 16.6. The van der Waals surface area contributed by atoms with Gasteiger partial charge in [0.25, 0.3) is 5.91 Å². The number of carboxylic acid groups (broad SMARTS) is 1. The van der Waals surface area contributed by atoms with Crippen LogP contribution in [0.5, 0.6) is 0 Å². The second kappa shape index (κ2) is 10.2. The second-order valence-corrected chi connectivity index (χ2v) is 8.53. The quantitative estimate of drug-likeness (QED) is 0.407. The lowest BCUT2D eigenvalue weighted by atomic mass is 9.97. The summed E-state index contributed by atoms with van der Waals surface area (Å²) in [7, 11) is 0. The van der Waals surface area contributed by atoms with E-state index < -0.39 is 17.5 Å². The third-order valence-electron chi connectivity index (χ3n) is 5.14. The molecule has 2 aliphatic rings. The predicted molar refractivity (Wildman–Crippen MR) is 125 cm³/mol. The van der Waals surface area contributed by atoms with Gasteiger partial charge in [-0.1, -0.05) is 6.07 Å². The van der Waals surface area contributed by atoms with E-state index in [1.54, 1.807) is 19.1 Å². The number of rotatable bonds is 4. The van der Waals surface area contributed by atoms with Crippen LogP contribution in [-0.4, -0.2) is 41.0 Å². The van der Waals surface area contributed by atoms with Gasteiger partial charge in [0.1, 0.15) is 22.8 Å². The normalized spacial score (nSPS) is 18.1. The molecule has 0 saturated heterocycles. The van der Waals surface area contributed by atoms with E-state index in [1.807, 2.05) is 33.8 Å². The minimum atomic E-state index is -1.17. The number of amides is 1. The Morgan fingerprint density at radius 1 is 1.30 bits per heavy atom. The molecule has 9 heteroatoms. The summed E-state index contributed by atoms with van der Waals surface area (Å²) in [5.41, 5.74) is 2.68. The molecule has 0 fully saturated rings. The summed E-state index contributed by atoms with van der Waals surface area (Å²) in [5.74, 6) is -1.69. The minimum Gasteiger partial charge on any atom is -0.477 e. The van der Waals surface area contributed by atoms with Crippen molar-refractivity contribution in [2.45, 2.75) is 59.1 Å². The van der Waals surface area contributed by atoms with Crippen LogP contribution < -0.4 is 10.6 Å². The number of carboxylic acids is 1. The fourth-order valence-corrected chi connectivity index (χ4v) is 3.69. The molecule has 1 atom stereocenters. The third kappa shape index (κ3) is 5.94. The van der Waals surface area contributed by atoms with Gasteiger partial charge in [0.15, 0.2) is 0 Å². The summed E-state index contributed by atoms with van der Waals surface area (Å²) in [6.45, 7) is 11.6. The van der Waals surface area contributed by atoms with E-state index in [2.05, 4.69) is 22.3 Å². The highest BCUT2D eigenvalue weighted by Crippen LogP contribution is 2.35. The Morgan fingerprint density at radius 2 is 1.97 bits per heavy atom. The van der Waals surface area contributed by atoms with E-state index in [4.69, 9.17) is 10.1 Å². The van der Waals surface area contributed by atoms with Crippen LogP contribution in [-0.2, 0) is 20.7 Å². The largest absolute Gasteiger partial charge is 0.477 e. The number of esters is 1. The number of allylic oxidation sites excluding steroid dienone is 1. The molecule has 1 aliphatic carbocycles. The van der Waals surface area contributed by atoms with E-state index in [9.17, 15) is 19.5 Å². The fourth-order valence-electron chi connectivity index (χ4n) is 3.69. The lowest BCUT2D eigenvalue weighted by Crippen LogP contribution is -2.36. The number of ether oxygens (including phenoxy) is 1. The molecule has 1 aromatic carbocycles. The molecule has 0 aromatic heterocycles. The van der Waals surface area contributed by atoms with Gasteiger partial charge in [0, 0.05) is 6.08 Å². The molecule has 176 valence electrons. The summed E-state index contributed by atoms with van der Waals surface area (Å²) in [5, 5.41) is 20.3. The van der Waals surface area contributed by atoms with Crippen molar-refractivity contribution >= 4 is 30.3 Å². The van der Waals surface area contributed by atoms with Crippen LogP contribution in [0.4, 0.5) is 0 Å². The number of carbonyl (C=O) groups excluding carboxylic acids is 2. The molecule has 0 radical (unpaired) electrons. The SMILES string of the molecule is C/C=C1\N=C(C(=O)NC2CCc3c2ccc(C(=O)OC(C)(C)C)c3C)C=C(C(=O)O)N1.C=N. The van der Waals surface area contributed by atoms with Gasteiger partial charge in [-0.25, -0.2) is 14.6 Å². The molecule has 1 aliphatic heterocycles.